The van der Waals surface area contributed by atoms with Crippen LogP contribution in [0.15, 0.2) is 35.0 Å². The molecule has 0 spiro atoms. The molecule has 0 radical (unpaired) electrons. The molecule has 2 aromatic rings. The lowest BCUT2D eigenvalue weighted by atomic mass is 10.1. The number of hydrogen-bond acceptors (Lipinski definition) is 3. The van der Waals surface area contributed by atoms with Gasteiger partial charge in [0.1, 0.15) is 11.6 Å². The third kappa shape index (κ3) is 4.10. The fraction of sp³-hybridized carbons (Fsp3) is 0.333. The van der Waals surface area contributed by atoms with Crippen LogP contribution < -0.4 is 5.32 Å². The van der Waals surface area contributed by atoms with Gasteiger partial charge in [0.15, 0.2) is 0 Å². The molecule has 2 nitrogen and oxygen atoms in total. The van der Waals surface area contributed by atoms with E-state index >= 15 is 0 Å². The predicted octanol–water partition coefficient (Wildman–Crippen LogP) is 3.28. The number of halogens is 2. The molecule has 2 N–H and O–H groups in total. The smallest absolute Gasteiger partial charge is 0.131 e. The van der Waals surface area contributed by atoms with Gasteiger partial charge in [-0.3, -0.25) is 0 Å². The Balaban J connectivity index is 1.86. The van der Waals surface area contributed by atoms with E-state index in [1.165, 1.54) is 11.6 Å². The van der Waals surface area contributed by atoms with Gasteiger partial charge >= 0.3 is 0 Å². The monoisotopic (exact) mass is 297 g/mol. The molecule has 0 aliphatic heterocycles. The van der Waals surface area contributed by atoms with Crippen molar-refractivity contribution >= 4 is 11.3 Å². The van der Waals surface area contributed by atoms with Crippen LogP contribution >= 0.6 is 11.3 Å². The third-order valence-electron chi connectivity index (χ3n) is 3.10. The van der Waals surface area contributed by atoms with Crippen LogP contribution in [0.5, 0.6) is 0 Å². The van der Waals surface area contributed by atoms with Gasteiger partial charge in [-0.2, -0.15) is 11.3 Å². The van der Waals surface area contributed by atoms with Gasteiger partial charge < -0.3 is 10.4 Å². The highest BCUT2D eigenvalue weighted by molar-refractivity contribution is 7.07. The van der Waals surface area contributed by atoms with Crippen LogP contribution in [0.2, 0.25) is 0 Å². The van der Waals surface area contributed by atoms with Gasteiger partial charge in [0.2, 0.25) is 0 Å². The molecule has 5 heteroatoms. The number of aliphatic hydroxyl groups is 1. The zero-order valence-electron chi connectivity index (χ0n) is 11.1. The maximum Gasteiger partial charge on any atom is 0.131 e. The van der Waals surface area contributed by atoms with Crippen LogP contribution in [0.25, 0.3) is 0 Å². The second kappa shape index (κ2) is 6.92. The van der Waals surface area contributed by atoms with Crippen molar-refractivity contribution < 1.29 is 13.9 Å². The Kier molecular flexibility index (Phi) is 5.23. The minimum Gasteiger partial charge on any atom is -0.387 e. The molecule has 0 saturated carbocycles. The van der Waals surface area contributed by atoms with Crippen LogP contribution in [0.4, 0.5) is 8.78 Å². The van der Waals surface area contributed by atoms with E-state index in [0.717, 1.165) is 18.6 Å². The van der Waals surface area contributed by atoms with Gasteiger partial charge in [0.05, 0.1) is 6.10 Å². The van der Waals surface area contributed by atoms with Crippen LogP contribution in [0, 0.1) is 11.6 Å². The van der Waals surface area contributed by atoms with Crippen LogP contribution in [0.1, 0.15) is 24.2 Å². The fourth-order valence-corrected chi connectivity index (χ4v) is 2.71. The summed E-state index contributed by atoms with van der Waals surface area (Å²) in [5.41, 5.74) is 1.35. The summed E-state index contributed by atoms with van der Waals surface area (Å²) in [6.45, 7) is 2.24. The molecule has 2 atom stereocenters. The van der Waals surface area contributed by atoms with Crippen molar-refractivity contribution in [3.63, 3.8) is 0 Å². The molecule has 0 fully saturated rings. The normalized spacial score (nSPS) is 14.2. The van der Waals surface area contributed by atoms with Crippen molar-refractivity contribution in [1.29, 1.82) is 0 Å². The van der Waals surface area contributed by atoms with Crippen molar-refractivity contribution in [1.82, 2.24) is 5.32 Å². The van der Waals surface area contributed by atoms with E-state index in [-0.39, 0.29) is 18.2 Å². The average molecular weight is 297 g/mol. The summed E-state index contributed by atoms with van der Waals surface area (Å²) in [5, 5.41) is 17.2. The Morgan fingerprint density at radius 1 is 1.30 bits per heavy atom. The maximum absolute atomic E-state index is 13.5. The molecule has 1 aromatic carbocycles. The summed E-state index contributed by atoms with van der Waals surface area (Å²) >= 11 is 1.64. The molecule has 0 saturated heterocycles. The third-order valence-corrected chi connectivity index (χ3v) is 3.84. The molecular formula is C15H17F2NOS. The Labute approximate surface area is 121 Å². The van der Waals surface area contributed by atoms with E-state index in [4.69, 9.17) is 0 Å². The zero-order valence-corrected chi connectivity index (χ0v) is 12.0. The van der Waals surface area contributed by atoms with Crippen molar-refractivity contribution in [2.75, 3.05) is 6.54 Å². The largest absolute Gasteiger partial charge is 0.387 e. The summed E-state index contributed by atoms with van der Waals surface area (Å²) < 4.78 is 26.3. The summed E-state index contributed by atoms with van der Waals surface area (Å²) in [7, 11) is 0. The number of thiophene rings is 1. The summed E-state index contributed by atoms with van der Waals surface area (Å²) in [6.07, 6.45) is -0.136. The minimum absolute atomic E-state index is 0.113. The van der Waals surface area contributed by atoms with E-state index in [1.807, 2.05) is 12.3 Å². The average Bonchev–Trinajstić information content (AvgIpc) is 2.89. The van der Waals surface area contributed by atoms with Crippen LogP contribution in [-0.4, -0.2) is 17.7 Å². The highest BCUT2D eigenvalue weighted by atomic mass is 32.1. The van der Waals surface area contributed by atoms with Gasteiger partial charge in [-0.15, -0.1) is 0 Å². The molecule has 2 rings (SSSR count). The van der Waals surface area contributed by atoms with E-state index < -0.39 is 17.7 Å². The topological polar surface area (TPSA) is 32.3 Å². The Bertz CT molecular complexity index is 545. The molecule has 1 heterocycles. The lowest BCUT2D eigenvalue weighted by Gasteiger charge is -2.17. The summed E-state index contributed by atoms with van der Waals surface area (Å²) in [4.78, 5) is 0. The van der Waals surface area contributed by atoms with E-state index in [2.05, 4.69) is 16.8 Å². The zero-order chi connectivity index (χ0) is 14.5. The second-order valence-electron chi connectivity index (χ2n) is 4.83. The van der Waals surface area contributed by atoms with Crippen molar-refractivity contribution in [2.45, 2.75) is 25.5 Å². The molecule has 108 valence electrons. The van der Waals surface area contributed by atoms with Gasteiger partial charge in [0.25, 0.3) is 0 Å². The van der Waals surface area contributed by atoms with E-state index in [0.29, 0.717) is 0 Å². The molecule has 1 aromatic heterocycles. The van der Waals surface area contributed by atoms with Gasteiger partial charge in [0, 0.05) is 24.2 Å². The maximum atomic E-state index is 13.5. The van der Waals surface area contributed by atoms with Crippen molar-refractivity contribution in [3.8, 4) is 0 Å². The Hall–Kier alpha value is -1.30. The molecule has 0 aliphatic carbocycles. The Morgan fingerprint density at radius 3 is 2.75 bits per heavy atom. The van der Waals surface area contributed by atoms with E-state index in [9.17, 15) is 13.9 Å². The summed E-state index contributed by atoms with van der Waals surface area (Å²) in [6, 6.07) is 5.44. The molecule has 2 unspecified atom stereocenters. The lowest BCUT2D eigenvalue weighted by molar-refractivity contribution is 0.166. The first-order valence-electron chi connectivity index (χ1n) is 6.43. The van der Waals surface area contributed by atoms with Crippen LogP contribution in [0.3, 0.4) is 0 Å². The molecule has 0 amide bonds. The predicted molar refractivity (Wildman–Crippen MR) is 76.8 cm³/mol. The molecule has 0 aliphatic rings. The quantitative estimate of drug-likeness (QED) is 0.857. The van der Waals surface area contributed by atoms with Crippen molar-refractivity contribution in [2.24, 2.45) is 0 Å². The van der Waals surface area contributed by atoms with Gasteiger partial charge in [-0.05, 0) is 41.8 Å². The first-order valence-corrected chi connectivity index (χ1v) is 7.38. The molecule has 20 heavy (non-hydrogen) atoms. The van der Waals surface area contributed by atoms with Crippen LogP contribution in [-0.2, 0) is 6.42 Å². The van der Waals surface area contributed by atoms with Crippen molar-refractivity contribution in [3.05, 3.63) is 57.8 Å². The standard InChI is InChI=1S/C15H17F2NOS/c1-10(6-11-4-5-20-9-11)18-8-15(19)13-3-2-12(16)7-14(13)17/h2-5,7,9-10,15,18-19H,6,8H2,1H3. The number of hydrogen-bond donors (Lipinski definition) is 2. The first-order chi connectivity index (χ1) is 9.56. The van der Waals surface area contributed by atoms with Gasteiger partial charge in [-0.25, -0.2) is 8.78 Å². The lowest BCUT2D eigenvalue weighted by Crippen LogP contribution is -2.32. The summed E-state index contributed by atoms with van der Waals surface area (Å²) in [5.74, 6) is -1.36. The number of benzene rings is 1. The fourth-order valence-electron chi connectivity index (χ4n) is 2.03. The molecule has 0 bridgehead atoms. The molecular weight excluding hydrogens is 280 g/mol. The number of aliphatic hydroxyl groups excluding tert-OH is 1. The second-order valence-corrected chi connectivity index (χ2v) is 5.61. The first kappa shape index (κ1) is 15.1. The number of nitrogens with one attached hydrogen (secondary N) is 1. The minimum atomic E-state index is -0.986. The van der Waals surface area contributed by atoms with E-state index in [1.54, 1.807) is 11.3 Å². The number of rotatable bonds is 6. The highest BCUT2D eigenvalue weighted by Gasteiger charge is 2.14. The Morgan fingerprint density at radius 2 is 2.10 bits per heavy atom. The highest BCUT2D eigenvalue weighted by Crippen LogP contribution is 2.17. The van der Waals surface area contributed by atoms with Gasteiger partial charge in [-0.1, -0.05) is 6.07 Å². The SMILES string of the molecule is CC(Cc1ccsc1)NCC(O)c1ccc(F)cc1F.